The number of hydrogen-bond donors (Lipinski definition) is 2. The SMILES string of the molecule is O=C(C=Cc1cccnc1Sc1ccc(Br)cc1)NC1CCC(O)CC1. The average molecular weight is 433 g/mol. The van der Waals surface area contributed by atoms with Crippen molar-refractivity contribution in [2.75, 3.05) is 0 Å². The Hall–Kier alpha value is -1.63. The van der Waals surface area contributed by atoms with Gasteiger partial charge in [-0.2, -0.15) is 0 Å². The molecule has 1 fully saturated rings. The molecule has 0 spiro atoms. The van der Waals surface area contributed by atoms with Crippen molar-refractivity contribution in [3.8, 4) is 0 Å². The van der Waals surface area contributed by atoms with Crippen LogP contribution in [0.3, 0.4) is 0 Å². The maximum atomic E-state index is 12.2. The van der Waals surface area contributed by atoms with Crippen LogP contribution < -0.4 is 5.32 Å². The Morgan fingerprint density at radius 2 is 1.92 bits per heavy atom. The quantitative estimate of drug-likeness (QED) is 0.685. The second kappa shape index (κ2) is 9.35. The number of halogens is 1. The molecule has 26 heavy (non-hydrogen) atoms. The van der Waals surface area contributed by atoms with Gasteiger partial charge >= 0.3 is 0 Å². The van der Waals surface area contributed by atoms with Gasteiger partial charge in [0.2, 0.25) is 5.91 Å². The van der Waals surface area contributed by atoms with Crippen molar-refractivity contribution in [3.63, 3.8) is 0 Å². The first kappa shape index (κ1) is 19.1. The second-order valence-electron chi connectivity index (χ2n) is 6.30. The van der Waals surface area contributed by atoms with Gasteiger partial charge in [-0.25, -0.2) is 4.98 Å². The summed E-state index contributed by atoms with van der Waals surface area (Å²) in [5, 5.41) is 13.4. The number of aromatic nitrogens is 1. The third-order valence-electron chi connectivity index (χ3n) is 4.29. The Bertz CT molecular complexity index is 772. The molecule has 0 bridgehead atoms. The lowest BCUT2D eigenvalue weighted by Gasteiger charge is -2.25. The highest BCUT2D eigenvalue weighted by molar-refractivity contribution is 9.10. The molecule has 1 heterocycles. The minimum atomic E-state index is -0.215. The fraction of sp³-hybridized carbons (Fsp3) is 0.300. The van der Waals surface area contributed by atoms with Gasteiger partial charge in [0.1, 0.15) is 5.03 Å². The molecule has 0 unspecified atom stereocenters. The summed E-state index contributed by atoms with van der Waals surface area (Å²) in [4.78, 5) is 17.7. The molecule has 1 aromatic heterocycles. The van der Waals surface area contributed by atoms with Crippen molar-refractivity contribution in [2.24, 2.45) is 0 Å². The van der Waals surface area contributed by atoms with Crippen molar-refractivity contribution in [2.45, 2.75) is 47.8 Å². The van der Waals surface area contributed by atoms with E-state index < -0.39 is 0 Å². The van der Waals surface area contributed by atoms with E-state index in [4.69, 9.17) is 0 Å². The number of aliphatic hydroxyl groups is 1. The Labute approximate surface area is 166 Å². The van der Waals surface area contributed by atoms with E-state index in [0.717, 1.165) is 45.6 Å². The number of nitrogens with one attached hydrogen (secondary N) is 1. The Morgan fingerprint density at radius 1 is 1.19 bits per heavy atom. The standard InChI is InChI=1S/C20H21BrN2O2S/c21-15-4-10-18(11-5-15)26-20-14(2-1-13-22-20)3-12-19(25)23-16-6-8-17(24)9-7-16/h1-5,10-13,16-17,24H,6-9H2,(H,23,25). The first-order valence-corrected chi connectivity index (χ1v) is 10.3. The first-order valence-electron chi connectivity index (χ1n) is 8.65. The van der Waals surface area contributed by atoms with Gasteiger partial charge in [-0.05, 0) is 62.1 Å². The van der Waals surface area contributed by atoms with E-state index in [1.54, 1.807) is 30.1 Å². The molecule has 0 saturated heterocycles. The smallest absolute Gasteiger partial charge is 0.244 e. The Kier molecular flexibility index (Phi) is 6.88. The summed E-state index contributed by atoms with van der Waals surface area (Å²) in [6, 6.07) is 12.0. The van der Waals surface area contributed by atoms with E-state index in [2.05, 4.69) is 26.2 Å². The van der Waals surface area contributed by atoms with E-state index in [9.17, 15) is 9.90 Å². The van der Waals surface area contributed by atoms with Gasteiger partial charge in [0.05, 0.1) is 6.10 Å². The van der Waals surface area contributed by atoms with Crippen molar-refractivity contribution in [1.29, 1.82) is 0 Å². The number of carbonyl (C=O) groups is 1. The molecule has 1 saturated carbocycles. The molecular formula is C20H21BrN2O2S. The summed E-state index contributed by atoms with van der Waals surface area (Å²) < 4.78 is 1.04. The highest BCUT2D eigenvalue weighted by atomic mass is 79.9. The molecule has 0 aliphatic heterocycles. The topological polar surface area (TPSA) is 62.2 Å². The third-order valence-corrected chi connectivity index (χ3v) is 5.86. The van der Waals surface area contributed by atoms with E-state index in [1.165, 1.54) is 0 Å². The number of rotatable bonds is 5. The average Bonchev–Trinajstić information content (AvgIpc) is 2.65. The molecule has 2 N–H and O–H groups in total. The van der Waals surface area contributed by atoms with Gasteiger partial charge in [-0.1, -0.05) is 33.8 Å². The molecule has 1 amide bonds. The number of aliphatic hydroxyl groups excluding tert-OH is 1. The predicted molar refractivity (Wildman–Crippen MR) is 108 cm³/mol. The largest absolute Gasteiger partial charge is 0.393 e. The van der Waals surface area contributed by atoms with E-state index >= 15 is 0 Å². The molecule has 1 aromatic carbocycles. The first-order chi connectivity index (χ1) is 12.6. The van der Waals surface area contributed by atoms with Gasteiger partial charge in [-0.3, -0.25) is 4.79 Å². The van der Waals surface area contributed by atoms with Crippen LogP contribution in [0, 0.1) is 0 Å². The van der Waals surface area contributed by atoms with Crippen LogP contribution in [0.5, 0.6) is 0 Å². The van der Waals surface area contributed by atoms with Crippen LogP contribution >= 0.6 is 27.7 Å². The number of hydrogen-bond acceptors (Lipinski definition) is 4. The van der Waals surface area contributed by atoms with Crippen LogP contribution in [0.2, 0.25) is 0 Å². The zero-order valence-electron chi connectivity index (χ0n) is 14.3. The number of benzene rings is 1. The second-order valence-corrected chi connectivity index (χ2v) is 8.28. The van der Waals surface area contributed by atoms with Crippen LogP contribution in [0.1, 0.15) is 31.2 Å². The van der Waals surface area contributed by atoms with Gasteiger partial charge < -0.3 is 10.4 Å². The minimum Gasteiger partial charge on any atom is -0.393 e. The summed E-state index contributed by atoms with van der Waals surface area (Å²) >= 11 is 5.00. The molecule has 6 heteroatoms. The predicted octanol–water partition coefficient (Wildman–Crippen LogP) is 4.43. The summed E-state index contributed by atoms with van der Waals surface area (Å²) in [5.41, 5.74) is 0.912. The lowest BCUT2D eigenvalue weighted by atomic mass is 9.93. The molecular weight excluding hydrogens is 412 g/mol. The van der Waals surface area contributed by atoms with Crippen LogP contribution in [0.15, 0.2) is 63.1 Å². The normalized spacial score (nSPS) is 20.2. The minimum absolute atomic E-state index is 0.102. The molecule has 1 aliphatic rings. The lowest BCUT2D eigenvalue weighted by molar-refractivity contribution is -0.117. The molecule has 136 valence electrons. The fourth-order valence-corrected chi connectivity index (χ4v) is 3.99. The van der Waals surface area contributed by atoms with Crippen molar-refractivity contribution in [3.05, 3.63) is 58.7 Å². The van der Waals surface area contributed by atoms with Crippen LogP contribution in [0.25, 0.3) is 6.08 Å². The molecule has 1 aliphatic carbocycles. The van der Waals surface area contributed by atoms with E-state index in [0.29, 0.717) is 0 Å². The van der Waals surface area contributed by atoms with Crippen LogP contribution in [-0.2, 0) is 4.79 Å². The van der Waals surface area contributed by atoms with Crippen molar-refractivity contribution >= 4 is 39.7 Å². The third kappa shape index (κ3) is 5.69. The van der Waals surface area contributed by atoms with Gasteiger partial charge in [-0.15, -0.1) is 0 Å². The molecule has 0 atom stereocenters. The number of carbonyl (C=O) groups excluding carboxylic acids is 1. The zero-order chi connectivity index (χ0) is 18.4. The highest BCUT2D eigenvalue weighted by Crippen LogP contribution is 2.30. The van der Waals surface area contributed by atoms with Crippen molar-refractivity contribution < 1.29 is 9.90 Å². The maximum absolute atomic E-state index is 12.2. The van der Waals surface area contributed by atoms with E-state index in [-0.39, 0.29) is 18.1 Å². The summed E-state index contributed by atoms with van der Waals surface area (Å²) in [6.07, 6.45) is 8.08. The van der Waals surface area contributed by atoms with Gasteiger partial charge in [0.15, 0.2) is 0 Å². The van der Waals surface area contributed by atoms with Crippen LogP contribution in [0.4, 0.5) is 0 Å². The molecule has 4 nitrogen and oxygen atoms in total. The number of pyridine rings is 1. The molecule has 3 rings (SSSR count). The Morgan fingerprint density at radius 3 is 2.65 bits per heavy atom. The summed E-state index contributed by atoms with van der Waals surface area (Å²) in [6.45, 7) is 0. The van der Waals surface area contributed by atoms with E-state index in [1.807, 2.05) is 36.4 Å². The molecule has 0 radical (unpaired) electrons. The number of nitrogens with zero attached hydrogens (tertiary/aromatic N) is 1. The number of amides is 1. The summed E-state index contributed by atoms with van der Waals surface area (Å²) in [7, 11) is 0. The lowest BCUT2D eigenvalue weighted by Crippen LogP contribution is -2.37. The molecule has 2 aromatic rings. The zero-order valence-corrected chi connectivity index (χ0v) is 16.7. The van der Waals surface area contributed by atoms with Gasteiger partial charge in [0.25, 0.3) is 0 Å². The van der Waals surface area contributed by atoms with Crippen LogP contribution in [-0.4, -0.2) is 28.1 Å². The Balaban J connectivity index is 1.62. The van der Waals surface area contributed by atoms with Crippen molar-refractivity contribution in [1.82, 2.24) is 10.3 Å². The maximum Gasteiger partial charge on any atom is 0.244 e. The monoisotopic (exact) mass is 432 g/mol. The fourth-order valence-electron chi connectivity index (χ4n) is 2.86. The van der Waals surface area contributed by atoms with Gasteiger partial charge in [0, 0.05) is 33.2 Å². The summed E-state index contributed by atoms with van der Waals surface area (Å²) in [5.74, 6) is -0.102. The highest BCUT2D eigenvalue weighted by Gasteiger charge is 2.19.